The van der Waals surface area contributed by atoms with E-state index in [1.807, 2.05) is 7.05 Å². The maximum absolute atomic E-state index is 13.0. The summed E-state index contributed by atoms with van der Waals surface area (Å²) in [5.74, 6) is -3.15. The van der Waals surface area contributed by atoms with Gasteiger partial charge in [0.05, 0.1) is 6.54 Å². The third-order valence-corrected chi connectivity index (χ3v) is 2.59. The fraction of sp³-hybridized carbons (Fsp3) is 1.00. The zero-order valence-corrected chi connectivity index (χ0v) is 7.39. The van der Waals surface area contributed by atoms with Crippen molar-refractivity contribution >= 4 is 0 Å². The van der Waals surface area contributed by atoms with Crippen LogP contribution in [0.1, 0.15) is 12.8 Å². The minimum atomic E-state index is -2.65. The third-order valence-electron chi connectivity index (χ3n) is 2.59. The summed E-state index contributed by atoms with van der Waals surface area (Å²) >= 11 is 0. The van der Waals surface area contributed by atoms with Gasteiger partial charge in [-0.25, -0.2) is 8.78 Å². The fourth-order valence-electron chi connectivity index (χ4n) is 1.60. The summed E-state index contributed by atoms with van der Waals surface area (Å²) in [7, 11) is 1.96. The van der Waals surface area contributed by atoms with Crippen molar-refractivity contribution in [2.24, 2.45) is 11.7 Å². The first-order chi connectivity index (χ1) is 5.56. The van der Waals surface area contributed by atoms with Crippen LogP contribution in [0.4, 0.5) is 8.78 Å². The summed E-state index contributed by atoms with van der Waals surface area (Å²) in [6.07, 6.45) is 1.14. The van der Waals surface area contributed by atoms with E-state index >= 15 is 0 Å². The first kappa shape index (κ1) is 9.86. The Balaban J connectivity index is 2.44. The number of nitrogens with zero attached hydrogens (tertiary/aromatic N) is 1. The number of rotatable bonds is 2. The summed E-state index contributed by atoms with van der Waals surface area (Å²) in [5.41, 5.74) is 5.01. The molecule has 0 saturated carbocycles. The monoisotopic (exact) mass is 178 g/mol. The SMILES string of the molecule is CN1CCC(C(F)(F)CN)CC1. The zero-order chi connectivity index (χ0) is 9.19. The van der Waals surface area contributed by atoms with Crippen LogP contribution >= 0.6 is 0 Å². The van der Waals surface area contributed by atoms with E-state index < -0.39 is 18.4 Å². The molecule has 72 valence electrons. The molecule has 1 saturated heterocycles. The molecule has 4 heteroatoms. The molecule has 0 amide bonds. The summed E-state index contributed by atoms with van der Waals surface area (Å²) < 4.78 is 26.0. The topological polar surface area (TPSA) is 29.3 Å². The molecular formula is C8H16F2N2. The number of likely N-dealkylation sites (tertiary alicyclic amines) is 1. The molecule has 1 rings (SSSR count). The molecule has 0 aromatic carbocycles. The highest BCUT2D eigenvalue weighted by molar-refractivity contribution is 4.82. The van der Waals surface area contributed by atoms with Crippen molar-refractivity contribution in [3.8, 4) is 0 Å². The van der Waals surface area contributed by atoms with E-state index in [1.54, 1.807) is 0 Å². The van der Waals surface area contributed by atoms with Gasteiger partial charge in [0.25, 0.3) is 5.92 Å². The normalized spacial score (nSPS) is 23.0. The van der Waals surface area contributed by atoms with E-state index in [0.29, 0.717) is 12.8 Å². The van der Waals surface area contributed by atoms with Gasteiger partial charge in [0.2, 0.25) is 0 Å². The van der Waals surface area contributed by atoms with Crippen LogP contribution in [-0.4, -0.2) is 37.5 Å². The van der Waals surface area contributed by atoms with Crippen LogP contribution in [0.15, 0.2) is 0 Å². The van der Waals surface area contributed by atoms with E-state index in [-0.39, 0.29) is 0 Å². The van der Waals surface area contributed by atoms with Crippen LogP contribution in [0.5, 0.6) is 0 Å². The Bertz CT molecular complexity index is 142. The second kappa shape index (κ2) is 3.66. The summed E-state index contributed by atoms with van der Waals surface area (Å²) in [6.45, 7) is 1.02. The molecule has 0 radical (unpaired) electrons. The number of halogens is 2. The number of piperidine rings is 1. The number of alkyl halides is 2. The smallest absolute Gasteiger partial charge is 0.262 e. The molecule has 0 spiro atoms. The Hall–Kier alpha value is -0.220. The molecule has 0 aromatic heterocycles. The van der Waals surface area contributed by atoms with Crippen LogP contribution < -0.4 is 5.73 Å². The van der Waals surface area contributed by atoms with Gasteiger partial charge in [0.1, 0.15) is 0 Å². The first-order valence-electron chi connectivity index (χ1n) is 4.32. The lowest BCUT2D eigenvalue weighted by molar-refractivity contribution is -0.0680. The summed E-state index contributed by atoms with van der Waals surface area (Å²) in [6, 6.07) is 0. The highest BCUT2D eigenvalue weighted by Gasteiger charge is 2.38. The summed E-state index contributed by atoms with van der Waals surface area (Å²) in [5, 5.41) is 0. The average Bonchev–Trinajstić information content (AvgIpc) is 2.05. The minimum Gasteiger partial charge on any atom is -0.325 e. The van der Waals surface area contributed by atoms with Gasteiger partial charge in [-0.05, 0) is 33.0 Å². The Morgan fingerprint density at radius 1 is 1.42 bits per heavy atom. The van der Waals surface area contributed by atoms with Crippen molar-refractivity contribution < 1.29 is 8.78 Å². The molecule has 0 aromatic rings. The van der Waals surface area contributed by atoms with Crippen molar-refractivity contribution in [3.63, 3.8) is 0 Å². The van der Waals surface area contributed by atoms with Gasteiger partial charge in [-0.3, -0.25) is 0 Å². The van der Waals surface area contributed by atoms with Crippen LogP contribution in [0.3, 0.4) is 0 Å². The molecule has 2 N–H and O–H groups in total. The van der Waals surface area contributed by atoms with E-state index in [9.17, 15) is 8.78 Å². The highest BCUT2D eigenvalue weighted by atomic mass is 19.3. The maximum atomic E-state index is 13.0. The van der Waals surface area contributed by atoms with E-state index in [4.69, 9.17) is 5.73 Å². The van der Waals surface area contributed by atoms with E-state index in [1.165, 1.54) is 0 Å². The lowest BCUT2D eigenvalue weighted by atomic mass is 9.91. The predicted octanol–water partition coefficient (Wildman–Crippen LogP) is 0.922. The van der Waals surface area contributed by atoms with Crippen LogP contribution in [0.25, 0.3) is 0 Å². The molecule has 1 fully saturated rings. The molecule has 0 bridgehead atoms. The number of nitrogens with two attached hydrogens (primary N) is 1. The van der Waals surface area contributed by atoms with E-state index in [0.717, 1.165) is 13.1 Å². The molecule has 0 aliphatic carbocycles. The van der Waals surface area contributed by atoms with Crippen molar-refractivity contribution in [1.29, 1.82) is 0 Å². The highest BCUT2D eigenvalue weighted by Crippen LogP contribution is 2.31. The molecule has 1 aliphatic heterocycles. The van der Waals surface area contributed by atoms with Gasteiger partial charge in [0, 0.05) is 5.92 Å². The average molecular weight is 178 g/mol. The number of hydrogen-bond acceptors (Lipinski definition) is 2. The quantitative estimate of drug-likeness (QED) is 0.681. The van der Waals surface area contributed by atoms with Crippen LogP contribution in [-0.2, 0) is 0 Å². The Morgan fingerprint density at radius 3 is 2.33 bits per heavy atom. The van der Waals surface area contributed by atoms with Crippen molar-refractivity contribution in [2.75, 3.05) is 26.7 Å². The first-order valence-corrected chi connectivity index (χ1v) is 4.32. The Labute approximate surface area is 71.7 Å². The minimum absolute atomic E-state index is 0.501. The van der Waals surface area contributed by atoms with Crippen LogP contribution in [0.2, 0.25) is 0 Å². The Kier molecular flexibility index (Phi) is 3.01. The van der Waals surface area contributed by atoms with Gasteiger partial charge < -0.3 is 10.6 Å². The van der Waals surface area contributed by atoms with Gasteiger partial charge in [-0.15, -0.1) is 0 Å². The standard InChI is InChI=1S/C8H16F2N2/c1-12-4-2-7(3-5-12)8(9,10)6-11/h7H,2-6,11H2,1H3. The van der Waals surface area contributed by atoms with Gasteiger partial charge >= 0.3 is 0 Å². The number of hydrogen-bond donors (Lipinski definition) is 1. The largest absolute Gasteiger partial charge is 0.325 e. The van der Waals surface area contributed by atoms with E-state index in [2.05, 4.69) is 4.90 Å². The second-order valence-electron chi connectivity index (χ2n) is 3.54. The third kappa shape index (κ3) is 2.14. The van der Waals surface area contributed by atoms with Crippen molar-refractivity contribution in [1.82, 2.24) is 4.90 Å². The summed E-state index contributed by atoms with van der Waals surface area (Å²) in [4.78, 5) is 2.07. The van der Waals surface area contributed by atoms with Gasteiger partial charge in [0.15, 0.2) is 0 Å². The predicted molar refractivity (Wildman–Crippen MR) is 44.2 cm³/mol. The molecule has 2 nitrogen and oxygen atoms in total. The van der Waals surface area contributed by atoms with Crippen LogP contribution in [0, 0.1) is 5.92 Å². The molecule has 0 unspecified atom stereocenters. The molecule has 12 heavy (non-hydrogen) atoms. The molecule has 0 atom stereocenters. The molecular weight excluding hydrogens is 162 g/mol. The lowest BCUT2D eigenvalue weighted by Crippen LogP contribution is -2.43. The Morgan fingerprint density at radius 2 is 1.92 bits per heavy atom. The lowest BCUT2D eigenvalue weighted by Gasteiger charge is -2.33. The zero-order valence-electron chi connectivity index (χ0n) is 7.39. The van der Waals surface area contributed by atoms with Crippen molar-refractivity contribution in [3.05, 3.63) is 0 Å². The maximum Gasteiger partial charge on any atom is 0.262 e. The second-order valence-corrected chi connectivity index (χ2v) is 3.54. The van der Waals surface area contributed by atoms with Gasteiger partial charge in [-0.1, -0.05) is 0 Å². The molecule has 1 heterocycles. The fourth-order valence-corrected chi connectivity index (χ4v) is 1.60. The van der Waals surface area contributed by atoms with Crippen molar-refractivity contribution in [2.45, 2.75) is 18.8 Å². The molecule has 1 aliphatic rings. The van der Waals surface area contributed by atoms with Gasteiger partial charge in [-0.2, -0.15) is 0 Å².